The molecule has 0 amide bonds. The minimum absolute atomic E-state index is 0.101. The Morgan fingerprint density at radius 1 is 0.926 bits per heavy atom. The highest BCUT2D eigenvalue weighted by atomic mass is 127. The van der Waals surface area contributed by atoms with Gasteiger partial charge >= 0.3 is 0 Å². The molecule has 7 heteroatoms. The van der Waals surface area contributed by atoms with Gasteiger partial charge in [-0.25, -0.2) is 8.78 Å². The van der Waals surface area contributed by atoms with Crippen LogP contribution >= 0.6 is 45.2 Å². The number of aliphatic hydroxyl groups is 1. The zero-order valence-corrected chi connectivity index (χ0v) is 21.6. The second-order valence-corrected chi connectivity index (χ2v) is 14.8. The largest absolute Gasteiger partial charge is 0.413 e. The highest BCUT2D eigenvalue weighted by Gasteiger charge is 2.37. The number of hydrogen-bond acceptors (Lipinski definition) is 2. The van der Waals surface area contributed by atoms with Gasteiger partial charge in [-0.1, -0.05) is 20.8 Å². The number of aliphatic hydroxyl groups excluding tert-OH is 1. The molecule has 0 radical (unpaired) electrons. The maximum absolute atomic E-state index is 13.2. The van der Waals surface area contributed by atoms with Crippen LogP contribution in [-0.2, 0) is 17.6 Å². The highest BCUT2D eigenvalue weighted by molar-refractivity contribution is 14.1. The lowest BCUT2D eigenvalue weighted by Crippen LogP contribution is -2.40. The molecule has 0 aliphatic carbocycles. The van der Waals surface area contributed by atoms with Crippen LogP contribution in [0, 0.1) is 18.8 Å². The van der Waals surface area contributed by atoms with Crippen molar-refractivity contribution in [1.82, 2.24) is 0 Å². The van der Waals surface area contributed by atoms with E-state index in [2.05, 4.69) is 79.0 Å². The molecule has 0 spiro atoms. The number of hydrogen-bond donors (Lipinski definition) is 1. The minimum Gasteiger partial charge on any atom is -0.413 e. The summed E-state index contributed by atoms with van der Waals surface area (Å²) in [6.45, 7) is 11.4. The molecular formula is C20H26F2I2O2Si. The van der Waals surface area contributed by atoms with Crippen molar-refractivity contribution in [1.29, 1.82) is 0 Å². The summed E-state index contributed by atoms with van der Waals surface area (Å²) < 4.78 is 33.6. The predicted octanol–water partition coefficient (Wildman–Crippen LogP) is 6.87. The zero-order chi connectivity index (χ0) is 20.8. The van der Waals surface area contributed by atoms with E-state index in [1.54, 1.807) is 18.2 Å². The average molecular weight is 618 g/mol. The maximum atomic E-state index is 13.2. The van der Waals surface area contributed by atoms with Crippen LogP contribution in [0.15, 0.2) is 36.4 Å². The summed E-state index contributed by atoms with van der Waals surface area (Å²) in [6, 6.07) is 9.19. The van der Waals surface area contributed by atoms with E-state index in [1.165, 1.54) is 18.2 Å². The molecule has 0 aliphatic heterocycles. The van der Waals surface area contributed by atoms with Gasteiger partial charge in [0.15, 0.2) is 8.32 Å². The van der Waals surface area contributed by atoms with Gasteiger partial charge in [0.05, 0.1) is 13.2 Å². The van der Waals surface area contributed by atoms with Crippen LogP contribution in [0.4, 0.5) is 8.78 Å². The van der Waals surface area contributed by atoms with Gasteiger partial charge in [0, 0.05) is 7.14 Å². The van der Waals surface area contributed by atoms with Gasteiger partial charge in [-0.05, 0) is 111 Å². The lowest BCUT2D eigenvalue weighted by atomic mass is 10.2. The van der Waals surface area contributed by atoms with Gasteiger partial charge in [0.25, 0.3) is 0 Å². The first-order valence-corrected chi connectivity index (χ1v) is 13.6. The summed E-state index contributed by atoms with van der Waals surface area (Å²) in [5.74, 6) is -0.497. The topological polar surface area (TPSA) is 29.5 Å². The molecule has 2 nitrogen and oxygen atoms in total. The second-order valence-electron chi connectivity index (χ2n) is 7.68. The Labute approximate surface area is 189 Å². The maximum Gasteiger partial charge on any atom is 0.192 e. The van der Waals surface area contributed by atoms with E-state index in [0.29, 0.717) is 12.2 Å². The monoisotopic (exact) mass is 618 g/mol. The quantitative estimate of drug-likeness (QED) is 0.300. The number of rotatable bonds is 4. The summed E-state index contributed by atoms with van der Waals surface area (Å²) in [7, 11) is -1.75. The molecule has 2 aromatic rings. The van der Waals surface area contributed by atoms with Gasteiger partial charge in [-0.3, -0.25) is 0 Å². The van der Waals surface area contributed by atoms with Crippen molar-refractivity contribution in [3.05, 3.63) is 66.3 Å². The smallest absolute Gasteiger partial charge is 0.192 e. The fourth-order valence-corrected chi connectivity index (χ4v) is 3.74. The molecule has 0 heterocycles. The predicted molar refractivity (Wildman–Crippen MR) is 126 cm³/mol. The molecule has 1 N–H and O–H groups in total. The number of halogens is 4. The molecule has 0 aliphatic rings. The van der Waals surface area contributed by atoms with Crippen LogP contribution in [-0.4, -0.2) is 13.4 Å². The van der Waals surface area contributed by atoms with E-state index >= 15 is 0 Å². The molecule has 0 saturated heterocycles. The molecule has 27 heavy (non-hydrogen) atoms. The van der Waals surface area contributed by atoms with Crippen LogP contribution in [0.2, 0.25) is 18.1 Å². The van der Waals surface area contributed by atoms with E-state index in [1.807, 2.05) is 0 Å². The molecular weight excluding hydrogens is 592 g/mol. The summed E-state index contributed by atoms with van der Waals surface area (Å²) in [5.41, 5.74) is 1.58. The van der Waals surface area contributed by atoms with Crippen LogP contribution in [0.25, 0.3) is 0 Å². The molecule has 0 fully saturated rings. The summed E-state index contributed by atoms with van der Waals surface area (Å²) in [5, 5.41) is 8.86. The Balaban J connectivity index is 0.000000309. The lowest BCUT2D eigenvalue weighted by Gasteiger charge is -2.36. The van der Waals surface area contributed by atoms with Gasteiger partial charge in [0.2, 0.25) is 0 Å². The van der Waals surface area contributed by atoms with Gasteiger partial charge in [-0.2, -0.15) is 0 Å². The van der Waals surface area contributed by atoms with Crippen molar-refractivity contribution < 1.29 is 18.3 Å². The molecule has 0 saturated carbocycles. The fraction of sp³-hybridized carbons (Fsp3) is 0.400. The van der Waals surface area contributed by atoms with E-state index in [9.17, 15) is 8.78 Å². The average Bonchev–Trinajstić information content (AvgIpc) is 2.57. The Morgan fingerprint density at radius 2 is 1.37 bits per heavy atom. The van der Waals surface area contributed by atoms with Crippen molar-refractivity contribution >= 4 is 53.5 Å². The standard InChI is InChI=1S/C13H20FIOSi.C7H6FIO/c1-13(2,3)17(4,5)16-9-10-8-11(14)6-7-12(10)15;8-6-1-2-7(9)5(3-6)4-10/h6-8H,9H2,1-5H3;1-3,10H,4H2. The first-order valence-electron chi connectivity index (χ1n) is 8.50. The lowest BCUT2D eigenvalue weighted by molar-refractivity contribution is 0.275. The molecule has 0 aromatic heterocycles. The third kappa shape index (κ3) is 8.04. The van der Waals surface area contributed by atoms with E-state index in [-0.39, 0.29) is 23.3 Å². The van der Waals surface area contributed by atoms with Crippen LogP contribution in [0.3, 0.4) is 0 Å². The van der Waals surface area contributed by atoms with Crippen LogP contribution in [0.5, 0.6) is 0 Å². The summed E-state index contributed by atoms with van der Waals surface area (Å²) >= 11 is 4.27. The third-order valence-corrected chi connectivity index (χ3v) is 11.2. The van der Waals surface area contributed by atoms with Crippen molar-refractivity contribution in [2.45, 2.75) is 52.1 Å². The van der Waals surface area contributed by atoms with Crippen molar-refractivity contribution in [3.63, 3.8) is 0 Å². The zero-order valence-electron chi connectivity index (χ0n) is 16.2. The van der Waals surface area contributed by atoms with Gasteiger partial charge < -0.3 is 9.53 Å². The second kappa shape index (κ2) is 10.6. The number of benzene rings is 2. The van der Waals surface area contributed by atoms with Crippen molar-refractivity contribution in [3.8, 4) is 0 Å². The Bertz CT molecular complexity index is 762. The highest BCUT2D eigenvalue weighted by Crippen LogP contribution is 2.37. The summed E-state index contributed by atoms with van der Waals surface area (Å²) in [6.07, 6.45) is 0. The Kier molecular flexibility index (Phi) is 9.80. The first kappa shape index (κ1) is 24.9. The van der Waals surface area contributed by atoms with E-state index in [0.717, 1.165) is 12.7 Å². The molecule has 0 unspecified atom stereocenters. The SMILES string of the molecule is CC(C)(C)[Si](C)(C)OCc1cc(F)ccc1I.OCc1cc(F)ccc1I. The van der Waals surface area contributed by atoms with Crippen LogP contribution in [0.1, 0.15) is 31.9 Å². The van der Waals surface area contributed by atoms with Crippen molar-refractivity contribution in [2.75, 3.05) is 0 Å². The van der Waals surface area contributed by atoms with Gasteiger partial charge in [0.1, 0.15) is 11.6 Å². The van der Waals surface area contributed by atoms with Crippen LogP contribution < -0.4 is 0 Å². The first-order chi connectivity index (χ1) is 12.4. The Hall–Kier alpha value is -0.103. The van der Waals surface area contributed by atoms with Gasteiger partial charge in [-0.15, -0.1) is 0 Å². The molecule has 0 bridgehead atoms. The third-order valence-electron chi connectivity index (χ3n) is 4.58. The van der Waals surface area contributed by atoms with E-state index < -0.39 is 8.32 Å². The Morgan fingerprint density at radius 3 is 1.78 bits per heavy atom. The molecule has 150 valence electrons. The minimum atomic E-state index is -1.75. The molecule has 2 rings (SSSR count). The van der Waals surface area contributed by atoms with E-state index in [4.69, 9.17) is 9.53 Å². The summed E-state index contributed by atoms with van der Waals surface area (Å²) in [4.78, 5) is 0. The normalized spacial score (nSPS) is 11.8. The molecule has 2 aromatic carbocycles. The fourth-order valence-electron chi connectivity index (χ4n) is 1.79. The molecule has 0 atom stereocenters. The van der Waals surface area contributed by atoms with Crippen molar-refractivity contribution in [2.24, 2.45) is 0 Å².